The number of hydrogen-bond acceptors (Lipinski definition) is 4. The zero-order chi connectivity index (χ0) is 13.8. The number of carbonyl (C=O) groups excluding carboxylic acids is 1. The monoisotopic (exact) mass is 279 g/mol. The number of carbonyl (C=O) groups is 1. The Bertz CT molecular complexity index is 595. The summed E-state index contributed by atoms with van der Waals surface area (Å²) in [6.45, 7) is 4.27. The van der Waals surface area contributed by atoms with Gasteiger partial charge >= 0.3 is 5.97 Å². The molecule has 0 saturated carbocycles. The van der Waals surface area contributed by atoms with Crippen LogP contribution < -0.4 is 0 Å². The third-order valence-electron chi connectivity index (χ3n) is 2.68. The Kier molecular flexibility index (Phi) is 4.16. The minimum Gasteiger partial charge on any atom is -0.460 e. The largest absolute Gasteiger partial charge is 0.460 e. The molecule has 0 atom stereocenters. The summed E-state index contributed by atoms with van der Waals surface area (Å²) in [7, 11) is 0. The zero-order valence-electron chi connectivity index (χ0n) is 10.8. The molecule has 1 heterocycles. The Labute approximate surface area is 116 Å². The van der Waals surface area contributed by atoms with Crippen molar-refractivity contribution in [3.05, 3.63) is 46.5 Å². The van der Waals surface area contributed by atoms with Crippen molar-refractivity contribution in [2.75, 3.05) is 6.61 Å². The Morgan fingerprint density at radius 1 is 1.37 bits per heavy atom. The van der Waals surface area contributed by atoms with Crippen molar-refractivity contribution >= 4 is 17.6 Å². The first kappa shape index (κ1) is 13.5. The molecule has 0 aliphatic rings. The number of nitrogens with zero attached hydrogens (tertiary/aromatic N) is 3. The van der Waals surface area contributed by atoms with E-state index < -0.39 is 5.97 Å². The van der Waals surface area contributed by atoms with E-state index in [2.05, 4.69) is 10.2 Å². The molecule has 0 fully saturated rings. The molecule has 6 heteroatoms. The Morgan fingerprint density at radius 3 is 2.79 bits per heavy atom. The minimum atomic E-state index is -0.477. The lowest BCUT2D eigenvalue weighted by Crippen LogP contribution is -2.15. The topological polar surface area (TPSA) is 57.0 Å². The van der Waals surface area contributed by atoms with E-state index in [1.165, 1.54) is 0 Å². The molecule has 1 aromatic carbocycles. The third kappa shape index (κ3) is 2.93. The highest BCUT2D eigenvalue weighted by Crippen LogP contribution is 2.17. The second kappa shape index (κ2) is 5.84. The van der Waals surface area contributed by atoms with E-state index in [0.717, 1.165) is 5.56 Å². The molecular formula is C13H14ClN3O2. The highest BCUT2D eigenvalue weighted by molar-refractivity contribution is 6.31. The van der Waals surface area contributed by atoms with Gasteiger partial charge in [0, 0.05) is 5.02 Å². The normalized spacial score (nSPS) is 10.5. The first-order valence-electron chi connectivity index (χ1n) is 5.93. The fourth-order valence-electron chi connectivity index (χ4n) is 1.71. The van der Waals surface area contributed by atoms with Gasteiger partial charge in [0.05, 0.1) is 13.2 Å². The number of aromatic nitrogens is 3. The summed E-state index contributed by atoms with van der Waals surface area (Å²) < 4.78 is 6.65. The fraction of sp³-hybridized carbons (Fsp3) is 0.308. The van der Waals surface area contributed by atoms with Crippen LogP contribution in [0.3, 0.4) is 0 Å². The maximum absolute atomic E-state index is 11.8. The average molecular weight is 280 g/mol. The smallest absolute Gasteiger partial charge is 0.376 e. The molecule has 19 heavy (non-hydrogen) atoms. The van der Waals surface area contributed by atoms with E-state index in [4.69, 9.17) is 16.3 Å². The van der Waals surface area contributed by atoms with Gasteiger partial charge in [-0.3, -0.25) is 0 Å². The SMILES string of the molecule is CCOC(=O)c1nnc(C)n1Cc1ccccc1Cl. The number of hydrogen-bond donors (Lipinski definition) is 0. The molecule has 0 spiro atoms. The van der Waals surface area contributed by atoms with Gasteiger partial charge in [-0.05, 0) is 25.5 Å². The van der Waals surface area contributed by atoms with Crippen molar-refractivity contribution in [1.29, 1.82) is 0 Å². The van der Waals surface area contributed by atoms with Crippen molar-refractivity contribution in [3.63, 3.8) is 0 Å². The van der Waals surface area contributed by atoms with Gasteiger partial charge in [-0.15, -0.1) is 10.2 Å². The number of ether oxygens (including phenoxy) is 1. The van der Waals surface area contributed by atoms with Crippen molar-refractivity contribution in [1.82, 2.24) is 14.8 Å². The molecule has 0 bridgehead atoms. The van der Waals surface area contributed by atoms with Crippen molar-refractivity contribution in [3.8, 4) is 0 Å². The summed E-state index contributed by atoms with van der Waals surface area (Å²) in [4.78, 5) is 11.8. The van der Waals surface area contributed by atoms with E-state index in [-0.39, 0.29) is 5.82 Å². The zero-order valence-corrected chi connectivity index (χ0v) is 11.5. The molecule has 100 valence electrons. The molecule has 1 aromatic heterocycles. The molecule has 0 saturated heterocycles. The van der Waals surface area contributed by atoms with Crippen molar-refractivity contribution < 1.29 is 9.53 Å². The summed E-state index contributed by atoms with van der Waals surface area (Å²) >= 11 is 6.12. The van der Waals surface area contributed by atoms with Crippen LogP contribution in [0.2, 0.25) is 5.02 Å². The second-order valence-corrected chi connectivity index (χ2v) is 4.38. The van der Waals surface area contributed by atoms with Crippen LogP contribution >= 0.6 is 11.6 Å². The van der Waals surface area contributed by atoms with E-state index in [1.807, 2.05) is 18.2 Å². The van der Waals surface area contributed by atoms with Gasteiger partial charge in [0.25, 0.3) is 0 Å². The number of esters is 1. The summed E-state index contributed by atoms with van der Waals surface area (Å²) in [6, 6.07) is 7.46. The molecule has 0 aliphatic carbocycles. The van der Waals surface area contributed by atoms with Crippen molar-refractivity contribution in [2.24, 2.45) is 0 Å². The van der Waals surface area contributed by atoms with Crippen LogP contribution in [0.4, 0.5) is 0 Å². The fourth-order valence-corrected chi connectivity index (χ4v) is 1.91. The summed E-state index contributed by atoms with van der Waals surface area (Å²) in [5, 5.41) is 8.41. The molecule has 0 aliphatic heterocycles. The minimum absolute atomic E-state index is 0.194. The van der Waals surface area contributed by atoms with Gasteiger partial charge < -0.3 is 9.30 Å². The van der Waals surface area contributed by atoms with E-state index in [9.17, 15) is 4.79 Å². The maximum atomic E-state index is 11.8. The molecule has 5 nitrogen and oxygen atoms in total. The molecular weight excluding hydrogens is 266 g/mol. The Morgan fingerprint density at radius 2 is 2.11 bits per heavy atom. The molecule has 2 rings (SSSR count). The molecule has 0 amide bonds. The van der Waals surface area contributed by atoms with Gasteiger partial charge in [-0.1, -0.05) is 29.8 Å². The van der Waals surface area contributed by atoms with Gasteiger partial charge in [0.2, 0.25) is 5.82 Å². The second-order valence-electron chi connectivity index (χ2n) is 3.97. The van der Waals surface area contributed by atoms with Crippen LogP contribution in [0, 0.1) is 6.92 Å². The lowest BCUT2D eigenvalue weighted by molar-refractivity contribution is 0.0506. The average Bonchev–Trinajstić information content (AvgIpc) is 2.74. The van der Waals surface area contributed by atoms with Crippen LogP contribution in [0.1, 0.15) is 28.9 Å². The number of rotatable bonds is 4. The van der Waals surface area contributed by atoms with Gasteiger partial charge in [-0.25, -0.2) is 4.79 Å². The van der Waals surface area contributed by atoms with Crippen LogP contribution in [0.25, 0.3) is 0 Å². The number of aryl methyl sites for hydroxylation is 1. The summed E-state index contributed by atoms with van der Waals surface area (Å²) in [5.41, 5.74) is 0.901. The van der Waals surface area contributed by atoms with Crippen molar-refractivity contribution in [2.45, 2.75) is 20.4 Å². The van der Waals surface area contributed by atoms with E-state index >= 15 is 0 Å². The van der Waals surface area contributed by atoms with Crippen LogP contribution in [0.15, 0.2) is 24.3 Å². The van der Waals surface area contributed by atoms with E-state index in [1.54, 1.807) is 24.5 Å². The number of halogens is 1. The maximum Gasteiger partial charge on any atom is 0.376 e. The summed E-state index contributed by atoms with van der Waals surface area (Å²) in [6.07, 6.45) is 0. The highest BCUT2D eigenvalue weighted by Gasteiger charge is 2.18. The molecule has 0 N–H and O–H groups in total. The van der Waals surface area contributed by atoms with E-state index in [0.29, 0.717) is 24.0 Å². The van der Waals surface area contributed by atoms with Gasteiger partial charge in [0.1, 0.15) is 5.82 Å². The highest BCUT2D eigenvalue weighted by atomic mass is 35.5. The van der Waals surface area contributed by atoms with Crippen LogP contribution in [-0.4, -0.2) is 27.3 Å². The molecule has 0 radical (unpaired) electrons. The number of benzene rings is 1. The quantitative estimate of drug-likeness (QED) is 0.807. The predicted molar refractivity (Wildman–Crippen MR) is 71.3 cm³/mol. The first-order valence-corrected chi connectivity index (χ1v) is 6.31. The van der Waals surface area contributed by atoms with Gasteiger partial charge in [-0.2, -0.15) is 0 Å². The first-order chi connectivity index (χ1) is 9.13. The standard InChI is InChI=1S/C13H14ClN3O2/c1-3-19-13(18)12-16-15-9(2)17(12)8-10-6-4-5-7-11(10)14/h4-7H,3,8H2,1-2H3. The lowest BCUT2D eigenvalue weighted by atomic mass is 10.2. The predicted octanol–water partition coefficient (Wildman–Crippen LogP) is 2.46. The lowest BCUT2D eigenvalue weighted by Gasteiger charge is -2.09. The summed E-state index contributed by atoms with van der Waals surface area (Å²) in [5.74, 6) is 0.359. The molecule has 2 aromatic rings. The van der Waals surface area contributed by atoms with Gasteiger partial charge in [0.15, 0.2) is 0 Å². The Balaban J connectivity index is 2.32. The van der Waals surface area contributed by atoms with Crippen LogP contribution in [-0.2, 0) is 11.3 Å². The Hall–Kier alpha value is -1.88. The van der Waals surface area contributed by atoms with Crippen LogP contribution in [0.5, 0.6) is 0 Å². The third-order valence-corrected chi connectivity index (χ3v) is 3.05. The molecule has 0 unspecified atom stereocenters.